The minimum atomic E-state index is -0.360. The Kier molecular flexibility index (Phi) is 9.87. The summed E-state index contributed by atoms with van der Waals surface area (Å²) in [6, 6.07) is 0. The monoisotopic (exact) mass is 190 g/mol. The maximum absolute atomic E-state index is 8.87. The van der Waals surface area contributed by atoms with Crippen LogP contribution in [0, 0.1) is 0 Å². The van der Waals surface area contributed by atoms with E-state index in [2.05, 4.69) is 6.92 Å². The van der Waals surface area contributed by atoms with Gasteiger partial charge in [0.05, 0.1) is 12.7 Å². The fourth-order valence-corrected chi connectivity index (χ4v) is 0.865. The lowest BCUT2D eigenvalue weighted by Gasteiger charge is -2.06. The Morgan fingerprint density at radius 3 is 2.31 bits per heavy atom. The predicted octanol–water partition coefficient (Wildman–Crippen LogP) is 1.59. The zero-order chi connectivity index (χ0) is 9.94. The van der Waals surface area contributed by atoms with Gasteiger partial charge in [-0.05, 0) is 19.8 Å². The second-order valence-corrected chi connectivity index (χ2v) is 3.24. The first-order valence-corrected chi connectivity index (χ1v) is 5.11. The van der Waals surface area contributed by atoms with Gasteiger partial charge in [0, 0.05) is 19.8 Å². The minimum Gasteiger partial charge on any atom is -0.391 e. The molecule has 0 rings (SSSR count). The number of rotatable bonds is 9. The van der Waals surface area contributed by atoms with Gasteiger partial charge in [-0.1, -0.05) is 13.3 Å². The summed E-state index contributed by atoms with van der Waals surface area (Å²) in [6.45, 7) is 6.59. The van der Waals surface area contributed by atoms with E-state index in [0.29, 0.717) is 13.2 Å². The normalized spacial score (nSPS) is 13.2. The summed E-state index contributed by atoms with van der Waals surface area (Å²) in [6.07, 6.45) is 2.87. The summed E-state index contributed by atoms with van der Waals surface area (Å²) in [5.41, 5.74) is 0. The molecule has 0 aromatic rings. The first kappa shape index (κ1) is 12.9. The van der Waals surface area contributed by atoms with Gasteiger partial charge < -0.3 is 14.6 Å². The highest BCUT2D eigenvalue weighted by atomic mass is 16.5. The molecule has 0 amide bonds. The quantitative estimate of drug-likeness (QED) is 0.561. The van der Waals surface area contributed by atoms with Crippen LogP contribution in [0.5, 0.6) is 0 Å². The van der Waals surface area contributed by atoms with Gasteiger partial charge in [0.25, 0.3) is 0 Å². The molecule has 0 aromatic carbocycles. The van der Waals surface area contributed by atoms with Gasteiger partial charge in [-0.2, -0.15) is 0 Å². The van der Waals surface area contributed by atoms with Crippen molar-refractivity contribution in [1.82, 2.24) is 0 Å². The summed E-state index contributed by atoms with van der Waals surface area (Å²) in [5.74, 6) is 0. The van der Waals surface area contributed by atoms with Crippen LogP contribution in [0.15, 0.2) is 0 Å². The van der Waals surface area contributed by atoms with Gasteiger partial charge in [0.1, 0.15) is 0 Å². The first-order chi connectivity index (χ1) is 6.27. The van der Waals surface area contributed by atoms with Crippen molar-refractivity contribution in [3.8, 4) is 0 Å². The van der Waals surface area contributed by atoms with Crippen LogP contribution in [0.2, 0.25) is 0 Å². The molecule has 0 heterocycles. The van der Waals surface area contributed by atoms with Crippen molar-refractivity contribution < 1.29 is 14.6 Å². The molecule has 3 nitrogen and oxygen atoms in total. The van der Waals surface area contributed by atoms with E-state index in [1.165, 1.54) is 6.42 Å². The van der Waals surface area contributed by atoms with Crippen LogP contribution in [0.25, 0.3) is 0 Å². The van der Waals surface area contributed by atoms with E-state index in [9.17, 15) is 0 Å². The lowest BCUT2D eigenvalue weighted by atomic mass is 10.4. The molecule has 3 heteroatoms. The molecule has 0 aliphatic heterocycles. The average molecular weight is 190 g/mol. The molecule has 0 saturated carbocycles. The number of aliphatic hydroxyl groups is 1. The van der Waals surface area contributed by atoms with E-state index in [-0.39, 0.29) is 6.10 Å². The average Bonchev–Trinajstić information content (AvgIpc) is 2.09. The number of hydrogen-bond donors (Lipinski definition) is 1. The molecule has 0 saturated heterocycles. The van der Waals surface area contributed by atoms with Crippen LogP contribution in [0.3, 0.4) is 0 Å². The van der Waals surface area contributed by atoms with Crippen molar-refractivity contribution >= 4 is 0 Å². The lowest BCUT2D eigenvalue weighted by Crippen LogP contribution is -2.12. The van der Waals surface area contributed by atoms with Crippen LogP contribution < -0.4 is 0 Å². The van der Waals surface area contributed by atoms with E-state index in [4.69, 9.17) is 14.6 Å². The SMILES string of the molecule is CCCCOCCCOCC(C)O. The zero-order valence-corrected chi connectivity index (χ0v) is 8.79. The maximum atomic E-state index is 8.87. The standard InChI is InChI=1S/C10H22O3/c1-3-4-6-12-7-5-8-13-9-10(2)11/h10-11H,3-9H2,1-2H3. The number of hydrogen-bond acceptors (Lipinski definition) is 3. The lowest BCUT2D eigenvalue weighted by molar-refractivity contribution is 0.0320. The molecule has 1 unspecified atom stereocenters. The van der Waals surface area contributed by atoms with Crippen molar-refractivity contribution in [3.63, 3.8) is 0 Å². The highest BCUT2D eigenvalue weighted by Crippen LogP contribution is 1.91. The Bertz CT molecular complexity index is 94.2. The summed E-state index contributed by atoms with van der Waals surface area (Å²) in [7, 11) is 0. The molecule has 0 fully saturated rings. The second kappa shape index (κ2) is 9.96. The van der Waals surface area contributed by atoms with Crippen molar-refractivity contribution in [2.24, 2.45) is 0 Å². The molecule has 1 atom stereocenters. The van der Waals surface area contributed by atoms with E-state index in [0.717, 1.165) is 26.1 Å². The molecular weight excluding hydrogens is 168 g/mol. The number of aliphatic hydroxyl groups excluding tert-OH is 1. The van der Waals surface area contributed by atoms with Gasteiger partial charge in [0.2, 0.25) is 0 Å². The Labute approximate surface area is 81.0 Å². The zero-order valence-electron chi connectivity index (χ0n) is 8.79. The number of unbranched alkanes of at least 4 members (excludes halogenated alkanes) is 1. The van der Waals surface area contributed by atoms with E-state index in [1.807, 2.05) is 0 Å². The minimum absolute atomic E-state index is 0.360. The van der Waals surface area contributed by atoms with Crippen LogP contribution in [-0.4, -0.2) is 37.6 Å². The summed E-state index contributed by atoms with van der Waals surface area (Å²) >= 11 is 0. The number of ether oxygens (including phenoxy) is 2. The Morgan fingerprint density at radius 2 is 1.69 bits per heavy atom. The molecular formula is C10H22O3. The van der Waals surface area contributed by atoms with Gasteiger partial charge in [-0.15, -0.1) is 0 Å². The third-order valence-corrected chi connectivity index (χ3v) is 1.58. The molecule has 13 heavy (non-hydrogen) atoms. The molecule has 0 aliphatic carbocycles. The molecule has 0 spiro atoms. The Balaban J connectivity index is 2.84. The Morgan fingerprint density at radius 1 is 1.08 bits per heavy atom. The van der Waals surface area contributed by atoms with Crippen LogP contribution in [0.4, 0.5) is 0 Å². The van der Waals surface area contributed by atoms with E-state index < -0.39 is 0 Å². The fourth-order valence-electron chi connectivity index (χ4n) is 0.865. The second-order valence-electron chi connectivity index (χ2n) is 3.24. The van der Waals surface area contributed by atoms with Crippen molar-refractivity contribution in [3.05, 3.63) is 0 Å². The Hall–Kier alpha value is -0.120. The molecule has 0 bridgehead atoms. The van der Waals surface area contributed by atoms with E-state index in [1.54, 1.807) is 6.92 Å². The smallest absolute Gasteiger partial charge is 0.0745 e. The van der Waals surface area contributed by atoms with Crippen LogP contribution in [0.1, 0.15) is 33.1 Å². The fraction of sp³-hybridized carbons (Fsp3) is 1.00. The molecule has 0 aliphatic rings. The summed E-state index contributed by atoms with van der Waals surface area (Å²) in [4.78, 5) is 0. The maximum Gasteiger partial charge on any atom is 0.0745 e. The highest BCUT2D eigenvalue weighted by molar-refractivity contribution is 4.42. The van der Waals surface area contributed by atoms with Gasteiger partial charge in [0.15, 0.2) is 0 Å². The first-order valence-electron chi connectivity index (χ1n) is 5.11. The summed E-state index contributed by atoms with van der Waals surface area (Å²) < 4.78 is 10.5. The largest absolute Gasteiger partial charge is 0.391 e. The van der Waals surface area contributed by atoms with E-state index >= 15 is 0 Å². The molecule has 80 valence electrons. The van der Waals surface area contributed by atoms with Crippen molar-refractivity contribution in [2.75, 3.05) is 26.4 Å². The van der Waals surface area contributed by atoms with Gasteiger partial charge in [-0.25, -0.2) is 0 Å². The molecule has 1 N–H and O–H groups in total. The third kappa shape index (κ3) is 11.9. The third-order valence-electron chi connectivity index (χ3n) is 1.58. The van der Waals surface area contributed by atoms with Crippen LogP contribution in [-0.2, 0) is 9.47 Å². The van der Waals surface area contributed by atoms with Crippen LogP contribution >= 0.6 is 0 Å². The highest BCUT2D eigenvalue weighted by Gasteiger charge is 1.94. The van der Waals surface area contributed by atoms with Gasteiger partial charge >= 0.3 is 0 Å². The summed E-state index contributed by atoms with van der Waals surface area (Å²) in [5, 5.41) is 8.87. The van der Waals surface area contributed by atoms with Crippen molar-refractivity contribution in [1.29, 1.82) is 0 Å². The van der Waals surface area contributed by atoms with Crippen molar-refractivity contribution in [2.45, 2.75) is 39.2 Å². The topological polar surface area (TPSA) is 38.7 Å². The molecule has 0 aromatic heterocycles. The predicted molar refractivity (Wildman–Crippen MR) is 52.8 cm³/mol. The molecule has 0 radical (unpaired) electrons. The van der Waals surface area contributed by atoms with Gasteiger partial charge in [-0.3, -0.25) is 0 Å².